The van der Waals surface area contributed by atoms with Gasteiger partial charge in [0.1, 0.15) is 5.58 Å². The van der Waals surface area contributed by atoms with E-state index >= 15 is 0 Å². The van der Waals surface area contributed by atoms with Gasteiger partial charge < -0.3 is 14.4 Å². The van der Waals surface area contributed by atoms with Crippen LogP contribution in [0.3, 0.4) is 0 Å². The summed E-state index contributed by atoms with van der Waals surface area (Å²) in [5.74, 6) is 0. The molecule has 0 bridgehead atoms. The number of benzene rings is 4. The monoisotopic (exact) mass is 858 g/mol. The Hall–Kier alpha value is -4.96. The van der Waals surface area contributed by atoms with E-state index < -0.39 is 0 Å². The first kappa shape index (κ1) is 36.8. The molecule has 0 unspecified atom stereocenters. The summed E-state index contributed by atoms with van der Waals surface area (Å²) < 4.78 is 6.38. The van der Waals surface area contributed by atoms with Crippen molar-refractivity contribution in [2.45, 2.75) is 54.4 Å². The second kappa shape index (κ2) is 15.3. The summed E-state index contributed by atoms with van der Waals surface area (Å²) in [6, 6.07) is 42.1. The maximum Gasteiger partial charge on any atom is 0.130 e. The Morgan fingerprint density at radius 3 is 2.06 bits per heavy atom. The van der Waals surface area contributed by atoms with Gasteiger partial charge in [0.25, 0.3) is 0 Å². The minimum Gasteiger partial charge on any atom is -0.500 e. The summed E-state index contributed by atoms with van der Waals surface area (Å²) in [6.07, 6.45) is 9.51. The van der Waals surface area contributed by atoms with Crippen LogP contribution in [0.2, 0.25) is 0 Å². The molecular formula is C47H43IrN3O-2. The predicted molar refractivity (Wildman–Crippen MR) is 211 cm³/mol. The van der Waals surface area contributed by atoms with Crippen molar-refractivity contribution in [3.05, 3.63) is 151 Å². The van der Waals surface area contributed by atoms with E-state index in [1.165, 1.54) is 22.3 Å². The number of rotatable bonds is 5. The van der Waals surface area contributed by atoms with Crippen molar-refractivity contribution in [1.82, 2.24) is 15.0 Å². The number of nitrogens with zero attached hydrogens (tertiary/aromatic N) is 3. The van der Waals surface area contributed by atoms with Crippen LogP contribution in [0.5, 0.6) is 0 Å². The second-order valence-electron chi connectivity index (χ2n) is 15.7. The predicted octanol–water partition coefficient (Wildman–Crippen LogP) is 12.4. The zero-order valence-electron chi connectivity index (χ0n) is 30.6. The number of furan rings is 1. The van der Waals surface area contributed by atoms with Crippen LogP contribution in [-0.2, 0) is 32.9 Å². The van der Waals surface area contributed by atoms with Gasteiger partial charge in [0, 0.05) is 55.7 Å². The Balaban J connectivity index is 0.000000179. The molecule has 4 heterocycles. The van der Waals surface area contributed by atoms with Crippen LogP contribution in [0.15, 0.2) is 132 Å². The van der Waals surface area contributed by atoms with Crippen LogP contribution >= 0.6 is 0 Å². The molecule has 0 spiro atoms. The Kier molecular flexibility index (Phi) is 10.9. The first-order chi connectivity index (χ1) is 24.5. The van der Waals surface area contributed by atoms with Gasteiger partial charge in [-0.1, -0.05) is 107 Å². The van der Waals surface area contributed by atoms with E-state index in [0.717, 1.165) is 68.1 Å². The fraction of sp³-hybridized carbons (Fsp3) is 0.213. The van der Waals surface area contributed by atoms with Crippen molar-refractivity contribution in [2.24, 2.45) is 10.8 Å². The van der Waals surface area contributed by atoms with Gasteiger partial charge in [0.05, 0.1) is 5.58 Å². The van der Waals surface area contributed by atoms with E-state index in [4.69, 9.17) is 4.42 Å². The molecule has 8 aromatic rings. The number of hydrogen-bond donors (Lipinski definition) is 0. The topological polar surface area (TPSA) is 51.8 Å². The first-order valence-electron chi connectivity index (χ1n) is 17.6. The fourth-order valence-electron chi connectivity index (χ4n) is 6.62. The van der Waals surface area contributed by atoms with E-state index in [-0.39, 0.29) is 25.5 Å². The van der Waals surface area contributed by atoms with Crippen LogP contribution in [0.1, 0.15) is 52.7 Å². The van der Waals surface area contributed by atoms with Crippen molar-refractivity contribution in [3.8, 4) is 33.6 Å². The minimum absolute atomic E-state index is 0. The maximum absolute atomic E-state index is 6.38. The molecule has 1 radical (unpaired) electrons. The third-order valence-corrected chi connectivity index (χ3v) is 8.80. The van der Waals surface area contributed by atoms with Gasteiger partial charge in [-0.15, -0.1) is 54.1 Å². The molecule has 8 rings (SSSR count). The summed E-state index contributed by atoms with van der Waals surface area (Å²) in [4.78, 5) is 13.4. The van der Waals surface area contributed by atoms with Crippen molar-refractivity contribution in [3.63, 3.8) is 0 Å². The molecule has 263 valence electrons. The molecule has 5 heteroatoms. The summed E-state index contributed by atoms with van der Waals surface area (Å²) in [5, 5.41) is 4.32. The van der Waals surface area contributed by atoms with Crippen LogP contribution in [0, 0.1) is 23.0 Å². The van der Waals surface area contributed by atoms with Gasteiger partial charge in [0.2, 0.25) is 0 Å². The Bertz CT molecular complexity index is 2440. The molecule has 0 atom stereocenters. The second-order valence-corrected chi connectivity index (χ2v) is 15.7. The van der Waals surface area contributed by atoms with Crippen LogP contribution in [0.25, 0.3) is 66.4 Å². The maximum atomic E-state index is 6.38. The molecule has 0 aliphatic heterocycles. The summed E-state index contributed by atoms with van der Waals surface area (Å²) in [7, 11) is 0. The molecule has 0 aliphatic carbocycles. The first-order valence-corrected chi connectivity index (χ1v) is 17.6. The third kappa shape index (κ3) is 8.56. The largest absolute Gasteiger partial charge is 0.500 e. The van der Waals surface area contributed by atoms with E-state index in [1.54, 1.807) is 6.20 Å². The SMILES string of the molecule is CC(C)(C)Cc1ccc(-c2ccnc(-c3[c-]cccc3)c2)cc1.CC(C)(C)Cc1ccnc(-c2[c-]ccc3c2oc2c4cnccc4ccc32)c1.[Ir]. The van der Waals surface area contributed by atoms with E-state index in [1.807, 2.05) is 55.0 Å². The minimum atomic E-state index is 0. The molecule has 0 N–H and O–H groups in total. The molecular weight excluding hydrogens is 815 g/mol. The quantitative estimate of drug-likeness (QED) is 0.162. The molecule has 4 aromatic carbocycles. The van der Waals surface area contributed by atoms with Gasteiger partial charge >= 0.3 is 0 Å². The zero-order valence-corrected chi connectivity index (χ0v) is 33.0. The molecule has 0 aliphatic rings. The van der Waals surface area contributed by atoms with E-state index in [9.17, 15) is 0 Å². The average Bonchev–Trinajstić information content (AvgIpc) is 3.51. The van der Waals surface area contributed by atoms with Crippen LogP contribution in [-0.4, -0.2) is 15.0 Å². The summed E-state index contributed by atoms with van der Waals surface area (Å²) >= 11 is 0. The number of hydrogen-bond acceptors (Lipinski definition) is 4. The molecule has 0 saturated heterocycles. The van der Waals surface area contributed by atoms with Crippen LogP contribution in [0.4, 0.5) is 0 Å². The van der Waals surface area contributed by atoms with Gasteiger partial charge in [-0.05, 0) is 75.3 Å². The van der Waals surface area contributed by atoms with Crippen molar-refractivity contribution in [2.75, 3.05) is 0 Å². The standard InChI is InChI=1S/C25H21N2O.C22H22N.Ir/c1-25(2,3)14-16-9-12-27-22(13-16)20-6-4-5-18-19-8-7-17-10-11-26-15-21(17)24(19)28-23(18)20;1-22(2,3)16-17-9-11-18(12-10-17)20-13-14-23-21(15-20)19-7-5-4-6-8-19;/h4-5,7-13,15H,14H2,1-3H3;4-7,9-15H,16H2,1-3H3;/q2*-1;. The molecule has 0 saturated carbocycles. The van der Waals surface area contributed by atoms with Crippen molar-refractivity contribution in [1.29, 1.82) is 0 Å². The average molecular weight is 858 g/mol. The number of pyridine rings is 3. The van der Waals surface area contributed by atoms with Crippen molar-refractivity contribution >= 4 is 32.7 Å². The fourth-order valence-corrected chi connectivity index (χ4v) is 6.62. The van der Waals surface area contributed by atoms with Gasteiger partial charge in [-0.3, -0.25) is 4.98 Å². The Morgan fingerprint density at radius 1 is 0.577 bits per heavy atom. The summed E-state index contributed by atoms with van der Waals surface area (Å²) in [5.41, 5.74) is 11.1. The van der Waals surface area contributed by atoms with Crippen LogP contribution < -0.4 is 0 Å². The Labute approximate surface area is 320 Å². The molecule has 4 nitrogen and oxygen atoms in total. The van der Waals surface area contributed by atoms with Gasteiger partial charge in [-0.25, -0.2) is 0 Å². The molecule has 52 heavy (non-hydrogen) atoms. The van der Waals surface area contributed by atoms with E-state index in [2.05, 4.69) is 135 Å². The summed E-state index contributed by atoms with van der Waals surface area (Å²) in [6.45, 7) is 13.6. The number of aromatic nitrogens is 3. The normalized spacial score (nSPS) is 11.7. The van der Waals surface area contributed by atoms with Gasteiger partial charge in [0.15, 0.2) is 0 Å². The van der Waals surface area contributed by atoms with Crippen molar-refractivity contribution < 1.29 is 24.5 Å². The molecule has 0 amide bonds. The third-order valence-electron chi connectivity index (χ3n) is 8.80. The Morgan fingerprint density at radius 2 is 1.31 bits per heavy atom. The molecule has 0 fully saturated rings. The van der Waals surface area contributed by atoms with Gasteiger partial charge in [-0.2, -0.15) is 0 Å². The molecule has 4 aromatic heterocycles. The van der Waals surface area contributed by atoms with E-state index in [0.29, 0.717) is 5.41 Å². The zero-order chi connectivity index (χ0) is 35.6. The smallest absolute Gasteiger partial charge is 0.130 e. The number of fused-ring (bicyclic) bond motifs is 5.